The molecule has 2 atom stereocenters. The zero-order chi connectivity index (χ0) is 35.1. The van der Waals surface area contributed by atoms with Gasteiger partial charge in [0.05, 0.1) is 6.04 Å². The van der Waals surface area contributed by atoms with Gasteiger partial charge in [-0.3, -0.25) is 18.7 Å². The smallest absolute Gasteiger partial charge is 0.399 e. The topological polar surface area (TPSA) is 251 Å². The Hall–Kier alpha value is -3.95. The second-order valence-electron chi connectivity index (χ2n) is 9.71. The number of rotatable bonds is 12. The molecule has 3 aromatic carbocycles. The third kappa shape index (κ3) is 10.0. The lowest BCUT2D eigenvalue weighted by Crippen LogP contribution is -2.42. The van der Waals surface area contributed by atoms with Crippen molar-refractivity contribution in [3.63, 3.8) is 0 Å². The van der Waals surface area contributed by atoms with Gasteiger partial charge in [0.2, 0.25) is 5.91 Å². The van der Waals surface area contributed by atoms with Gasteiger partial charge in [-0.25, -0.2) is 4.79 Å². The third-order valence-electron chi connectivity index (χ3n) is 6.23. The molecule has 0 saturated heterocycles. The van der Waals surface area contributed by atoms with Gasteiger partial charge in [0, 0.05) is 23.1 Å². The van der Waals surface area contributed by atoms with Crippen molar-refractivity contribution in [3.05, 3.63) is 107 Å². The van der Waals surface area contributed by atoms with Crippen molar-refractivity contribution in [1.82, 2.24) is 5.32 Å². The summed E-state index contributed by atoms with van der Waals surface area (Å²) < 4.78 is 75.5. The number of carbonyl (C=O) groups excluding carboxylic acids is 2. The van der Waals surface area contributed by atoms with E-state index < -0.39 is 67.5 Å². The highest BCUT2D eigenvalue weighted by molar-refractivity contribution is 7.52. The summed E-state index contributed by atoms with van der Waals surface area (Å²) >= 11 is 0. The van der Waals surface area contributed by atoms with Crippen molar-refractivity contribution in [2.24, 2.45) is 11.5 Å². The lowest BCUT2D eigenvalue weighted by Gasteiger charge is -2.19. The van der Waals surface area contributed by atoms with Crippen LogP contribution in [0.5, 0.6) is 0 Å². The maximum Gasteiger partial charge on any atom is 0.399 e. The first-order chi connectivity index (χ1) is 21.1. The van der Waals surface area contributed by atoms with E-state index in [0.29, 0.717) is 11.1 Å². The highest BCUT2D eigenvalue weighted by atomic mass is 31.2. The van der Waals surface area contributed by atoms with Gasteiger partial charge in [0.1, 0.15) is 6.04 Å². The normalized spacial score (nSPS) is 13.5. The van der Waals surface area contributed by atoms with E-state index in [4.69, 9.17) is 31.0 Å². The fraction of sp³-hybridized carbons (Fsp3) is 0.222. The van der Waals surface area contributed by atoms with Gasteiger partial charge >= 0.3 is 32.5 Å². The number of benzene rings is 3. The van der Waals surface area contributed by atoms with E-state index in [1.807, 2.05) is 0 Å². The van der Waals surface area contributed by atoms with E-state index in [-0.39, 0.29) is 18.4 Å². The highest BCUT2D eigenvalue weighted by Gasteiger charge is 2.51. The summed E-state index contributed by atoms with van der Waals surface area (Å²) in [5.41, 5.74) is 1.06. The number of carboxylic acid groups (broad SMARTS) is 1. The standard InChI is InChI=1S/C17H16F2NO6P.C10H13F2N2O4P/c18-17(19,27(24,25)26)13-8-6-11(7-9-13)10-14(16(22)23)20-15(21)12-4-2-1-3-5-12;11-10(12,19(16,17)18)7-3-1-6(2-4-7)5-8(13)9(14)15/h1-9,14H,10H2,(H,20,21)(H,22,23)(H2,24,25,26);1-4,8H,5,13H2,(H2,14,15)(H2,16,17,18)/t14-;8-/m01/s1. The highest BCUT2D eigenvalue weighted by Crippen LogP contribution is 2.60. The van der Waals surface area contributed by atoms with Crippen LogP contribution >= 0.6 is 15.2 Å². The van der Waals surface area contributed by atoms with Crippen molar-refractivity contribution in [2.45, 2.75) is 36.3 Å². The Morgan fingerprint density at radius 2 is 1.11 bits per heavy atom. The molecule has 0 spiro atoms. The van der Waals surface area contributed by atoms with E-state index in [2.05, 4.69) is 5.32 Å². The average Bonchev–Trinajstić information content (AvgIpc) is 2.97. The number of halogens is 4. The van der Waals surface area contributed by atoms with Crippen LogP contribution < -0.4 is 16.8 Å². The minimum absolute atomic E-state index is 0.0527. The van der Waals surface area contributed by atoms with Gasteiger partial charge in [-0.2, -0.15) is 17.6 Å². The number of alkyl halides is 4. The van der Waals surface area contributed by atoms with E-state index in [9.17, 15) is 46.2 Å². The summed E-state index contributed by atoms with van der Waals surface area (Å²) in [6.45, 7) is 0. The molecule has 13 nitrogen and oxygen atoms in total. The first-order valence-corrected chi connectivity index (χ1v) is 16.0. The van der Waals surface area contributed by atoms with E-state index >= 15 is 0 Å². The van der Waals surface area contributed by atoms with Gasteiger partial charge < -0.3 is 41.5 Å². The number of primary amides is 1. The number of carboxylic acids is 1. The van der Waals surface area contributed by atoms with E-state index in [1.54, 1.807) is 18.2 Å². The molecule has 0 radical (unpaired) electrons. The Balaban J connectivity index is 0.000000341. The van der Waals surface area contributed by atoms with Crippen LogP contribution in [0.15, 0.2) is 78.9 Å². The molecule has 2 amide bonds. The molecule has 0 bridgehead atoms. The molecule has 0 fully saturated rings. The van der Waals surface area contributed by atoms with Crippen LogP contribution in [-0.2, 0) is 42.9 Å². The quantitative estimate of drug-likeness (QED) is 0.101. The predicted octanol–water partition coefficient (Wildman–Crippen LogP) is 2.61. The minimum Gasteiger partial charge on any atom is -0.480 e. The molecule has 0 aliphatic rings. The first kappa shape index (κ1) is 38.2. The number of hydrogen-bond donors (Lipinski definition) is 8. The molecule has 250 valence electrons. The first-order valence-electron chi connectivity index (χ1n) is 12.8. The number of nitrogens with one attached hydrogen (secondary N) is 1. The molecule has 0 saturated carbocycles. The molecule has 0 aliphatic heterocycles. The Bertz CT molecular complexity index is 1620. The summed E-state index contributed by atoms with van der Waals surface area (Å²) in [4.78, 5) is 68.8. The molecular formula is C27H29F4N3O10P2. The lowest BCUT2D eigenvalue weighted by atomic mass is 10.0. The van der Waals surface area contributed by atoms with Crippen molar-refractivity contribution in [2.75, 3.05) is 0 Å². The van der Waals surface area contributed by atoms with Gasteiger partial charge in [0.25, 0.3) is 5.91 Å². The van der Waals surface area contributed by atoms with E-state index in [0.717, 1.165) is 36.4 Å². The maximum atomic E-state index is 13.6. The average molecular weight is 693 g/mol. The summed E-state index contributed by atoms with van der Waals surface area (Å²) in [6, 6.07) is 13.7. The molecule has 0 heterocycles. The Kier molecular flexibility index (Phi) is 12.5. The number of nitrogens with two attached hydrogens (primary N) is 2. The van der Waals surface area contributed by atoms with Crippen LogP contribution in [-0.4, -0.2) is 54.5 Å². The summed E-state index contributed by atoms with van der Waals surface area (Å²) in [7, 11) is -11.3. The van der Waals surface area contributed by atoms with Crippen LogP contribution in [0.1, 0.15) is 32.6 Å². The molecule has 0 aliphatic carbocycles. The van der Waals surface area contributed by atoms with Crippen molar-refractivity contribution < 1.29 is 65.8 Å². The molecule has 0 unspecified atom stereocenters. The molecule has 19 heteroatoms. The maximum absolute atomic E-state index is 13.6. The monoisotopic (exact) mass is 693 g/mol. The molecule has 3 aromatic rings. The van der Waals surface area contributed by atoms with Crippen LogP contribution in [0.4, 0.5) is 17.6 Å². The molecule has 3 rings (SSSR count). The van der Waals surface area contributed by atoms with E-state index in [1.165, 1.54) is 24.3 Å². The van der Waals surface area contributed by atoms with Gasteiger partial charge in [0.15, 0.2) is 0 Å². The predicted molar refractivity (Wildman–Crippen MR) is 155 cm³/mol. The van der Waals surface area contributed by atoms with Crippen molar-refractivity contribution in [3.8, 4) is 0 Å². The zero-order valence-electron chi connectivity index (χ0n) is 23.4. The van der Waals surface area contributed by atoms with Gasteiger partial charge in [-0.15, -0.1) is 0 Å². The number of amides is 2. The van der Waals surface area contributed by atoms with Gasteiger partial charge in [-0.05, 0) is 29.7 Å². The summed E-state index contributed by atoms with van der Waals surface area (Å²) in [5, 5.41) is 11.6. The Morgan fingerprint density at radius 1 is 0.717 bits per heavy atom. The third-order valence-corrected chi connectivity index (χ3v) is 8.21. The number of aliphatic carboxylic acids is 1. The van der Waals surface area contributed by atoms with Crippen LogP contribution in [0, 0.1) is 0 Å². The fourth-order valence-corrected chi connectivity index (χ4v) is 4.61. The summed E-state index contributed by atoms with van der Waals surface area (Å²) in [5.74, 6) is -2.65. The van der Waals surface area contributed by atoms with Gasteiger partial charge in [-0.1, -0.05) is 66.7 Å². The van der Waals surface area contributed by atoms with Crippen LogP contribution in [0.2, 0.25) is 0 Å². The van der Waals surface area contributed by atoms with Crippen LogP contribution in [0.25, 0.3) is 0 Å². The Morgan fingerprint density at radius 3 is 1.46 bits per heavy atom. The SMILES string of the molecule is NC(=O)[C@H](N)Cc1ccc(C(F)(F)P(=O)(O)O)cc1.O=C(N[C@@H](Cc1ccc(C(F)(F)P(=O)(O)O)cc1)C(=O)O)c1ccccc1. The number of carbonyl (C=O) groups is 3. The zero-order valence-corrected chi connectivity index (χ0v) is 25.2. The van der Waals surface area contributed by atoms with Crippen molar-refractivity contribution in [1.29, 1.82) is 0 Å². The molecule has 0 aromatic heterocycles. The largest absolute Gasteiger partial charge is 0.480 e. The summed E-state index contributed by atoms with van der Waals surface area (Å²) in [6.07, 6.45) is -0.146. The van der Waals surface area contributed by atoms with Crippen molar-refractivity contribution >= 4 is 33.0 Å². The number of hydrogen-bond acceptors (Lipinski definition) is 6. The lowest BCUT2D eigenvalue weighted by molar-refractivity contribution is -0.139. The fourth-order valence-electron chi connectivity index (χ4n) is 3.64. The second-order valence-corrected chi connectivity index (χ2v) is 13.0. The molecule has 46 heavy (non-hydrogen) atoms. The molecular weight excluding hydrogens is 664 g/mol. The van der Waals surface area contributed by atoms with Crippen LogP contribution in [0.3, 0.4) is 0 Å². The minimum atomic E-state index is -5.69. The Labute approximate surface area is 258 Å². The molecule has 10 N–H and O–H groups in total. The second kappa shape index (κ2) is 15.1.